The molecule has 1 atom stereocenters. The summed E-state index contributed by atoms with van der Waals surface area (Å²) < 4.78 is 1.05. The van der Waals surface area contributed by atoms with Crippen molar-refractivity contribution in [3.63, 3.8) is 0 Å². The van der Waals surface area contributed by atoms with E-state index in [-0.39, 0.29) is 11.9 Å². The molecular weight excluding hydrogens is 324 g/mol. The number of halogens is 1. The average molecular weight is 345 g/mol. The molecule has 2 heterocycles. The third-order valence-electron chi connectivity index (χ3n) is 3.53. The van der Waals surface area contributed by atoms with E-state index in [1.54, 1.807) is 0 Å². The van der Waals surface area contributed by atoms with Crippen LogP contribution in [0, 0.1) is 6.92 Å². The Morgan fingerprint density at radius 1 is 1.63 bits per heavy atom. The van der Waals surface area contributed by atoms with Crippen LogP contribution in [-0.2, 0) is 0 Å². The largest absolute Gasteiger partial charge is 0.334 e. The number of carbonyl (C=O) groups excluding carboxylic acids is 1. The number of carbonyl (C=O) groups is 1. The molecule has 3 nitrogen and oxygen atoms in total. The van der Waals surface area contributed by atoms with Crippen LogP contribution >= 0.6 is 27.3 Å². The zero-order chi connectivity index (χ0) is 14.0. The fraction of sp³-hybridized carbons (Fsp3) is 0.643. The van der Waals surface area contributed by atoms with Crippen molar-refractivity contribution in [1.29, 1.82) is 0 Å². The van der Waals surface area contributed by atoms with Gasteiger partial charge in [0.05, 0.1) is 8.66 Å². The second-order valence-electron chi connectivity index (χ2n) is 5.41. The topological polar surface area (TPSA) is 32.3 Å². The molecule has 1 aromatic rings. The Hall–Kier alpha value is -0.390. The number of rotatable bonds is 4. The minimum Gasteiger partial charge on any atom is -0.334 e. The van der Waals surface area contributed by atoms with Crippen molar-refractivity contribution < 1.29 is 4.79 Å². The highest BCUT2D eigenvalue weighted by atomic mass is 79.9. The summed E-state index contributed by atoms with van der Waals surface area (Å²) in [5.41, 5.74) is 1.14. The van der Waals surface area contributed by atoms with Gasteiger partial charge in [0.15, 0.2) is 0 Å². The Kier molecular flexibility index (Phi) is 5.03. The molecule has 106 valence electrons. The first-order valence-electron chi connectivity index (χ1n) is 6.79. The smallest absolute Gasteiger partial charge is 0.264 e. The lowest BCUT2D eigenvalue weighted by Gasteiger charge is -2.29. The third-order valence-corrected chi connectivity index (χ3v) is 5.66. The molecule has 0 radical (unpaired) electrons. The molecule has 0 spiro atoms. The maximum absolute atomic E-state index is 12.6. The number of hydrogen-bond acceptors (Lipinski definition) is 3. The van der Waals surface area contributed by atoms with E-state index in [1.807, 2.05) is 17.9 Å². The minimum absolute atomic E-state index is 0.155. The summed E-state index contributed by atoms with van der Waals surface area (Å²) in [6.07, 6.45) is 2.39. The molecule has 1 fully saturated rings. The van der Waals surface area contributed by atoms with E-state index in [1.165, 1.54) is 24.2 Å². The second kappa shape index (κ2) is 6.37. The van der Waals surface area contributed by atoms with Crippen LogP contribution in [0.5, 0.6) is 0 Å². The van der Waals surface area contributed by atoms with E-state index in [0.29, 0.717) is 6.04 Å². The van der Waals surface area contributed by atoms with Gasteiger partial charge in [0.2, 0.25) is 0 Å². The van der Waals surface area contributed by atoms with Crippen LogP contribution in [0.3, 0.4) is 0 Å². The molecule has 1 saturated heterocycles. The fourth-order valence-corrected chi connectivity index (χ4v) is 3.88. The van der Waals surface area contributed by atoms with Crippen LogP contribution in [0.25, 0.3) is 0 Å². The summed E-state index contributed by atoms with van der Waals surface area (Å²) in [5.74, 6) is 0.155. The molecule has 0 aliphatic carbocycles. The van der Waals surface area contributed by atoms with Gasteiger partial charge in [-0.2, -0.15) is 0 Å². The molecule has 1 aromatic heterocycles. The van der Waals surface area contributed by atoms with Gasteiger partial charge in [0, 0.05) is 18.6 Å². The Labute approximate surface area is 127 Å². The molecule has 2 rings (SSSR count). The molecule has 1 aliphatic heterocycles. The highest BCUT2D eigenvalue weighted by Crippen LogP contribution is 2.28. The highest BCUT2D eigenvalue weighted by molar-refractivity contribution is 9.11. The predicted molar refractivity (Wildman–Crippen MR) is 84.0 cm³/mol. The summed E-state index contributed by atoms with van der Waals surface area (Å²) in [6, 6.07) is 2.67. The number of thiophene rings is 1. The molecule has 1 N–H and O–H groups in total. The second-order valence-corrected chi connectivity index (χ2v) is 7.78. The van der Waals surface area contributed by atoms with Gasteiger partial charge in [-0.3, -0.25) is 4.79 Å². The normalized spacial score (nSPS) is 19.1. The zero-order valence-corrected chi connectivity index (χ0v) is 14.1. The van der Waals surface area contributed by atoms with Crippen LogP contribution in [0.4, 0.5) is 0 Å². The molecule has 1 unspecified atom stereocenters. The van der Waals surface area contributed by atoms with Crippen molar-refractivity contribution in [2.75, 3.05) is 13.1 Å². The molecule has 1 aliphatic rings. The molecule has 0 aromatic carbocycles. The number of nitrogens with one attached hydrogen (secondary N) is 1. The Morgan fingerprint density at radius 2 is 2.37 bits per heavy atom. The number of nitrogens with zero attached hydrogens (tertiary/aromatic N) is 1. The maximum Gasteiger partial charge on any atom is 0.264 e. The maximum atomic E-state index is 12.6. The van der Waals surface area contributed by atoms with Crippen molar-refractivity contribution in [3.8, 4) is 0 Å². The highest BCUT2D eigenvalue weighted by Gasteiger charge is 2.25. The van der Waals surface area contributed by atoms with Gasteiger partial charge < -0.3 is 10.2 Å². The SMILES string of the molecule is Cc1cc(C(=O)N(CC2CCCN2)C(C)C)sc1Br. The quantitative estimate of drug-likeness (QED) is 0.907. The minimum atomic E-state index is 0.155. The molecule has 19 heavy (non-hydrogen) atoms. The van der Waals surface area contributed by atoms with Crippen molar-refractivity contribution in [2.45, 2.75) is 45.7 Å². The monoisotopic (exact) mass is 344 g/mol. The standard InChI is InChI=1S/C14H21BrN2OS/c1-9(2)17(8-11-5-4-6-16-11)14(18)12-7-10(3)13(15)19-12/h7,9,11,16H,4-6,8H2,1-3H3. The van der Waals surface area contributed by atoms with Gasteiger partial charge in [-0.15, -0.1) is 11.3 Å². The van der Waals surface area contributed by atoms with Gasteiger partial charge >= 0.3 is 0 Å². The van der Waals surface area contributed by atoms with Crippen molar-refractivity contribution in [1.82, 2.24) is 10.2 Å². The first kappa shape index (κ1) is 15.0. The lowest BCUT2D eigenvalue weighted by atomic mass is 10.2. The van der Waals surface area contributed by atoms with E-state index in [9.17, 15) is 4.79 Å². The van der Waals surface area contributed by atoms with Crippen molar-refractivity contribution in [3.05, 3.63) is 20.3 Å². The number of aryl methyl sites for hydroxylation is 1. The fourth-order valence-electron chi connectivity index (χ4n) is 2.39. The van der Waals surface area contributed by atoms with E-state index in [4.69, 9.17) is 0 Å². The van der Waals surface area contributed by atoms with E-state index in [2.05, 4.69) is 35.1 Å². The van der Waals surface area contributed by atoms with Crippen LogP contribution in [0.15, 0.2) is 9.85 Å². The van der Waals surface area contributed by atoms with E-state index in [0.717, 1.165) is 27.3 Å². The van der Waals surface area contributed by atoms with Crippen LogP contribution in [0.1, 0.15) is 41.9 Å². The lowest BCUT2D eigenvalue weighted by Crippen LogP contribution is -2.44. The summed E-state index contributed by atoms with van der Waals surface area (Å²) >= 11 is 5.03. The van der Waals surface area contributed by atoms with Crippen LogP contribution < -0.4 is 5.32 Å². The van der Waals surface area contributed by atoms with E-state index < -0.39 is 0 Å². The van der Waals surface area contributed by atoms with Gasteiger partial charge in [0.1, 0.15) is 0 Å². The predicted octanol–water partition coefficient (Wildman–Crippen LogP) is 3.42. The average Bonchev–Trinajstić information content (AvgIpc) is 2.96. The molecule has 1 amide bonds. The summed E-state index contributed by atoms with van der Waals surface area (Å²) in [6.45, 7) is 8.08. The number of amides is 1. The Balaban J connectivity index is 2.11. The first-order valence-corrected chi connectivity index (χ1v) is 8.40. The number of hydrogen-bond donors (Lipinski definition) is 1. The summed E-state index contributed by atoms with van der Waals surface area (Å²) in [4.78, 5) is 15.4. The van der Waals surface area contributed by atoms with Crippen molar-refractivity contribution >= 4 is 33.2 Å². The van der Waals surface area contributed by atoms with E-state index >= 15 is 0 Å². The Bertz CT molecular complexity index is 433. The summed E-state index contributed by atoms with van der Waals surface area (Å²) in [7, 11) is 0. The van der Waals surface area contributed by atoms with Crippen LogP contribution in [0.2, 0.25) is 0 Å². The van der Waals surface area contributed by atoms with Gasteiger partial charge in [0.25, 0.3) is 5.91 Å². The van der Waals surface area contributed by atoms with Gasteiger partial charge in [-0.1, -0.05) is 0 Å². The molecule has 5 heteroatoms. The van der Waals surface area contributed by atoms with Crippen molar-refractivity contribution in [2.24, 2.45) is 0 Å². The molecule has 0 bridgehead atoms. The van der Waals surface area contributed by atoms with Crippen LogP contribution in [-0.4, -0.2) is 36.0 Å². The molecule has 0 saturated carbocycles. The molecular formula is C14H21BrN2OS. The summed E-state index contributed by atoms with van der Waals surface area (Å²) in [5, 5.41) is 3.47. The lowest BCUT2D eigenvalue weighted by molar-refractivity contribution is 0.0694. The Morgan fingerprint density at radius 3 is 2.84 bits per heavy atom. The van der Waals surface area contributed by atoms with Gasteiger partial charge in [-0.05, 0) is 67.7 Å². The van der Waals surface area contributed by atoms with Gasteiger partial charge in [-0.25, -0.2) is 0 Å². The first-order chi connectivity index (χ1) is 8.99. The third kappa shape index (κ3) is 3.58. The zero-order valence-electron chi connectivity index (χ0n) is 11.7.